The molecule has 2 aromatic rings. The van der Waals surface area contributed by atoms with Gasteiger partial charge in [-0.05, 0) is 43.4 Å². The molecule has 38 heavy (non-hydrogen) atoms. The van der Waals surface area contributed by atoms with Crippen molar-refractivity contribution < 1.29 is 32.5 Å². The monoisotopic (exact) mass is 546 g/mol. The van der Waals surface area contributed by atoms with Crippen LogP contribution in [0.15, 0.2) is 59.5 Å². The van der Waals surface area contributed by atoms with Crippen molar-refractivity contribution in [2.24, 2.45) is 11.8 Å². The van der Waals surface area contributed by atoms with Crippen LogP contribution in [0.1, 0.15) is 31.4 Å². The second kappa shape index (κ2) is 12.6. The van der Waals surface area contributed by atoms with E-state index in [-0.39, 0.29) is 42.7 Å². The second-order valence-corrected chi connectivity index (χ2v) is 12.4. The van der Waals surface area contributed by atoms with E-state index in [4.69, 9.17) is 14.2 Å². The number of aliphatic hydroxyl groups is 1. The Balaban J connectivity index is 1.51. The lowest BCUT2D eigenvalue weighted by atomic mass is 10.0. The van der Waals surface area contributed by atoms with E-state index in [1.54, 1.807) is 24.3 Å². The fourth-order valence-electron chi connectivity index (χ4n) is 4.89. The van der Waals surface area contributed by atoms with Crippen molar-refractivity contribution in [3.63, 3.8) is 0 Å². The third kappa shape index (κ3) is 7.12. The lowest BCUT2D eigenvalue weighted by Gasteiger charge is -2.31. The predicted octanol–water partition coefficient (Wildman–Crippen LogP) is 3.10. The zero-order valence-corrected chi connectivity index (χ0v) is 23.0. The van der Waals surface area contributed by atoms with Crippen LogP contribution in [-0.4, -0.2) is 74.8 Å². The van der Waals surface area contributed by atoms with Crippen molar-refractivity contribution in [3.05, 3.63) is 65.7 Å². The quantitative estimate of drug-likeness (QED) is 0.445. The maximum atomic E-state index is 13.5. The highest BCUT2D eigenvalue weighted by atomic mass is 32.2. The number of nitrogens with zero attached hydrogens (tertiary/aromatic N) is 1. The van der Waals surface area contributed by atoms with Gasteiger partial charge in [0.25, 0.3) is 0 Å². The molecule has 2 fully saturated rings. The van der Waals surface area contributed by atoms with Crippen molar-refractivity contribution >= 4 is 16.1 Å². The standard InChI is InChI=1S/C28H38N2O7S/c1-19(2)16-30(38(33,34)22-11-9-20(3)10-12-22)17-25(31)24(15-21-7-5-4-6-8-21)29-28(32)37-26-18-36-27-23(26)13-14-35-27/h4-12,19,23-27,31H,13-18H2,1-3H3,(H,29,32)/t23-,24?,25+,26-,27+/m0/s1. The first-order chi connectivity index (χ1) is 18.1. The van der Waals surface area contributed by atoms with E-state index in [1.165, 1.54) is 4.31 Å². The average molecular weight is 547 g/mol. The molecule has 5 atom stereocenters. The van der Waals surface area contributed by atoms with Crippen molar-refractivity contribution in [2.45, 2.75) is 63.0 Å². The second-order valence-electron chi connectivity index (χ2n) is 10.5. The molecule has 10 heteroatoms. The molecule has 0 aliphatic carbocycles. The minimum Gasteiger partial charge on any atom is -0.443 e. The largest absolute Gasteiger partial charge is 0.443 e. The average Bonchev–Trinajstić information content (AvgIpc) is 3.49. The Labute approximate surface area is 225 Å². The third-order valence-corrected chi connectivity index (χ3v) is 8.77. The number of amides is 1. The van der Waals surface area contributed by atoms with Crippen LogP contribution >= 0.6 is 0 Å². The molecular weight excluding hydrogens is 508 g/mol. The van der Waals surface area contributed by atoms with Gasteiger partial charge in [-0.3, -0.25) is 0 Å². The fraction of sp³-hybridized carbons (Fsp3) is 0.536. The van der Waals surface area contributed by atoms with Gasteiger partial charge in [0.2, 0.25) is 10.0 Å². The topological polar surface area (TPSA) is 114 Å². The summed E-state index contributed by atoms with van der Waals surface area (Å²) >= 11 is 0. The molecule has 1 unspecified atom stereocenters. The lowest BCUT2D eigenvalue weighted by Crippen LogP contribution is -2.51. The molecule has 2 N–H and O–H groups in total. The fourth-order valence-corrected chi connectivity index (χ4v) is 6.52. The Bertz CT molecular complexity index is 1160. The Hall–Kier alpha value is -2.50. The molecule has 208 valence electrons. The molecule has 1 amide bonds. The number of hydrogen-bond donors (Lipinski definition) is 2. The van der Waals surface area contributed by atoms with Crippen molar-refractivity contribution in [3.8, 4) is 0 Å². The van der Waals surface area contributed by atoms with E-state index in [0.717, 1.165) is 17.5 Å². The summed E-state index contributed by atoms with van der Waals surface area (Å²) in [6.07, 6.45) is -1.61. The van der Waals surface area contributed by atoms with Gasteiger partial charge in [0.05, 0.1) is 36.2 Å². The zero-order valence-electron chi connectivity index (χ0n) is 22.2. The number of rotatable bonds is 11. The van der Waals surface area contributed by atoms with Gasteiger partial charge >= 0.3 is 6.09 Å². The Kier molecular flexibility index (Phi) is 9.43. The van der Waals surface area contributed by atoms with E-state index >= 15 is 0 Å². The molecule has 0 bridgehead atoms. The predicted molar refractivity (Wildman–Crippen MR) is 142 cm³/mol. The number of aryl methyl sites for hydroxylation is 1. The number of hydrogen-bond acceptors (Lipinski definition) is 7. The van der Waals surface area contributed by atoms with Crippen molar-refractivity contribution in [2.75, 3.05) is 26.3 Å². The van der Waals surface area contributed by atoms with E-state index in [2.05, 4.69) is 5.32 Å². The van der Waals surface area contributed by atoms with E-state index in [1.807, 2.05) is 51.1 Å². The number of ether oxygens (including phenoxy) is 3. The number of sulfonamides is 1. The molecular formula is C28H38N2O7S. The Morgan fingerprint density at radius 1 is 1.11 bits per heavy atom. The summed E-state index contributed by atoms with van der Waals surface area (Å²) in [5.41, 5.74) is 1.84. The number of aliphatic hydroxyl groups excluding tert-OH is 1. The van der Waals surface area contributed by atoms with Crippen LogP contribution in [0.2, 0.25) is 0 Å². The summed E-state index contributed by atoms with van der Waals surface area (Å²) in [6, 6.07) is 15.3. The zero-order chi connectivity index (χ0) is 27.3. The summed E-state index contributed by atoms with van der Waals surface area (Å²) in [5.74, 6) is 0.0105. The molecule has 0 spiro atoms. The van der Waals surface area contributed by atoms with Gasteiger partial charge in [-0.25, -0.2) is 13.2 Å². The molecule has 2 heterocycles. The van der Waals surface area contributed by atoms with Crippen LogP contribution in [0.25, 0.3) is 0 Å². The van der Waals surface area contributed by atoms with Crippen LogP contribution in [0.5, 0.6) is 0 Å². The number of carbonyl (C=O) groups excluding carboxylic acids is 1. The minimum absolute atomic E-state index is 0.0144. The van der Waals surface area contributed by atoms with Crippen molar-refractivity contribution in [1.82, 2.24) is 9.62 Å². The molecule has 0 saturated carbocycles. The number of benzene rings is 2. The molecule has 2 saturated heterocycles. The summed E-state index contributed by atoms with van der Waals surface area (Å²) < 4.78 is 45.1. The normalized spacial score (nSPS) is 22.8. The highest BCUT2D eigenvalue weighted by molar-refractivity contribution is 7.89. The lowest BCUT2D eigenvalue weighted by molar-refractivity contribution is -0.0907. The van der Waals surface area contributed by atoms with Crippen LogP contribution in [-0.2, 0) is 30.7 Å². The van der Waals surface area contributed by atoms with Crippen LogP contribution in [0.4, 0.5) is 4.79 Å². The first-order valence-corrected chi connectivity index (χ1v) is 14.6. The molecule has 0 aromatic heterocycles. The maximum Gasteiger partial charge on any atom is 0.407 e. The molecule has 2 aliphatic heterocycles. The van der Waals surface area contributed by atoms with E-state index in [9.17, 15) is 18.3 Å². The van der Waals surface area contributed by atoms with E-state index < -0.39 is 34.4 Å². The Morgan fingerprint density at radius 2 is 1.82 bits per heavy atom. The van der Waals surface area contributed by atoms with Gasteiger partial charge in [-0.15, -0.1) is 0 Å². The van der Waals surface area contributed by atoms with Crippen LogP contribution in [0.3, 0.4) is 0 Å². The summed E-state index contributed by atoms with van der Waals surface area (Å²) in [7, 11) is -3.87. The minimum atomic E-state index is -3.87. The highest BCUT2D eigenvalue weighted by Gasteiger charge is 2.44. The van der Waals surface area contributed by atoms with Gasteiger partial charge in [0, 0.05) is 13.1 Å². The SMILES string of the molecule is Cc1ccc(S(=O)(=O)N(CC(C)C)C[C@@H](O)C(Cc2ccccc2)NC(=O)O[C@H]2CO[C@H]3OCC[C@H]32)cc1. The van der Waals surface area contributed by atoms with Gasteiger partial charge in [-0.1, -0.05) is 61.9 Å². The van der Waals surface area contributed by atoms with Gasteiger partial charge in [0.1, 0.15) is 6.10 Å². The van der Waals surface area contributed by atoms with Gasteiger partial charge < -0.3 is 24.6 Å². The molecule has 2 aliphatic rings. The maximum absolute atomic E-state index is 13.5. The first kappa shape index (κ1) is 28.5. The number of alkyl carbamates (subject to hydrolysis) is 1. The van der Waals surface area contributed by atoms with Crippen molar-refractivity contribution in [1.29, 1.82) is 0 Å². The molecule has 0 radical (unpaired) electrons. The molecule has 2 aromatic carbocycles. The smallest absolute Gasteiger partial charge is 0.407 e. The molecule has 4 rings (SSSR count). The highest BCUT2D eigenvalue weighted by Crippen LogP contribution is 2.33. The molecule has 9 nitrogen and oxygen atoms in total. The Morgan fingerprint density at radius 3 is 2.50 bits per heavy atom. The third-order valence-electron chi connectivity index (χ3n) is 6.93. The summed E-state index contributed by atoms with van der Waals surface area (Å²) in [4.78, 5) is 13.1. The summed E-state index contributed by atoms with van der Waals surface area (Å²) in [5, 5.41) is 14.1. The number of carbonyl (C=O) groups is 1. The van der Waals surface area contributed by atoms with Gasteiger partial charge in [-0.2, -0.15) is 4.31 Å². The van der Waals surface area contributed by atoms with Crippen LogP contribution < -0.4 is 5.32 Å². The first-order valence-electron chi connectivity index (χ1n) is 13.1. The number of nitrogens with one attached hydrogen (secondary N) is 1. The van der Waals surface area contributed by atoms with E-state index in [0.29, 0.717) is 13.0 Å². The van der Waals surface area contributed by atoms with Gasteiger partial charge in [0.15, 0.2) is 6.29 Å². The van der Waals surface area contributed by atoms with Crippen LogP contribution in [0, 0.1) is 18.8 Å². The number of fused-ring (bicyclic) bond motifs is 1. The summed E-state index contributed by atoms with van der Waals surface area (Å²) in [6.45, 7) is 6.59.